The van der Waals surface area contributed by atoms with Crippen molar-refractivity contribution in [2.75, 3.05) is 11.1 Å². The fourth-order valence-electron chi connectivity index (χ4n) is 2.82. The topological polar surface area (TPSA) is 139 Å². The van der Waals surface area contributed by atoms with Crippen molar-refractivity contribution in [3.63, 3.8) is 0 Å². The molecule has 5 N–H and O–H groups in total. The van der Waals surface area contributed by atoms with Crippen LogP contribution in [0.1, 0.15) is 11.3 Å². The van der Waals surface area contributed by atoms with Crippen molar-refractivity contribution in [2.45, 2.75) is 5.78 Å². The Morgan fingerprint density at radius 1 is 1.04 bits per heavy atom. The molecule has 0 radical (unpaired) electrons. The molecule has 1 atom stereocenters. The SMILES string of the molecule is Nc1cc([N+](=O)[O-])c2ccccc2c1NC(c1ccccc1)P(=O)(O)O. The molecule has 134 valence electrons. The van der Waals surface area contributed by atoms with E-state index in [-0.39, 0.29) is 17.1 Å². The van der Waals surface area contributed by atoms with Gasteiger partial charge in [0.2, 0.25) is 0 Å². The summed E-state index contributed by atoms with van der Waals surface area (Å²) in [4.78, 5) is 30.3. The molecule has 0 aliphatic carbocycles. The molecule has 0 saturated heterocycles. The number of non-ortho nitro benzene ring substituents is 1. The molecule has 9 heteroatoms. The summed E-state index contributed by atoms with van der Waals surface area (Å²) in [5.74, 6) is -1.34. The number of nitrogens with zero attached hydrogens (tertiary/aromatic N) is 1. The third-order valence-corrected chi connectivity index (χ3v) is 5.08. The van der Waals surface area contributed by atoms with E-state index in [2.05, 4.69) is 5.32 Å². The van der Waals surface area contributed by atoms with E-state index in [1.807, 2.05) is 0 Å². The Kier molecular flexibility index (Phi) is 4.65. The van der Waals surface area contributed by atoms with E-state index in [0.29, 0.717) is 16.3 Å². The predicted octanol–water partition coefficient (Wildman–Crippen LogP) is 3.62. The Balaban J connectivity index is 2.19. The van der Waals surface area contributed by atoms with Gasteiger partial charge in [-0.15, -0.1) is 0 Å². The number of nitrogens with one attached hydrogen (secondary N) is 1. The normalized spacial score (nSPS) is 12.7. The van der Waals surface area contributed by atoms with E-state index >= 15 is 0 Å². The molecular formula is C17H16N3O5P. The highest BCUT2D eigenvalue weighted by atomic mass is 31.2. The van der Waals surface area contributed by atoms with Crippen molar-refractivity contribution < 1.29 is 19.3 Å². The monoisotopic (exact) mass is 373 g/mol. The second-order valence-corrected chi connectivity index (χ2v) is 7.40. The minimum absolute atomic E-state index is 0.0322. The first-order valence-corrected chi connectivity index (χ1v) is 9.29. The van der Waals surface area contributed by atoms with Crippen LogP contribution in [-0.4, -0.2) is 14.7 Å². The van der Waals surface area contributed by atoms with Crippen LogP contribution >= 0.6 is 7.60 Å². The van der Waals surface area contributed by atoms with Crippen molar-refractivity contribution in [1.82, 2.24) is 0 Å². The standard InChI is InChI=1S/C17H16N3O5P/c18-14-10-15(20(21)22)12-8-4-5-9-13(12)16(14)19-17(26(23,24)25)11-6-2-1-3-7-11/h1-10,17,19H,18H2,(H2,23,24,25). The number of nitrogen functional groups attached to an aromatic ring is 1. The van der Waals surface area contributed by atoms with Gasteiger partial charge in [0.25, 0.3) is 5.69 Å². The lowest BCUT2D eigenvalue weighted by Gasteiger charge is -2.23. The summed E-state index contributed by atoms with van der Waals surface area (Å²) >= 11 is 0. The number of anilines is 2. The number of hydrogen-bond donors (Lipinski definition) is 4. The van der Waals surface area contributed by atoms with E-state index < -0.39 is 18.3 Å². The average molecular weight is 373 g/mol. The molecule has 0 heterocycles. The Morgan fingerprint density at radius 2 is 1.62 bits per heavy atom. The molecule has 0 fully saturated rings. The van der Waals surface area contributed by atoms with Gasteiger partial charge in [-0.05, 0) is 11.6 Å². The number of nitro groups is 1. The lowest BCUT2D eigenvalue weighted by molar-refractivity contribution is -0.383. The van der Waals surface area contributed by atoms with E-state index in [0.717, 1.165) is 0 Å². The summed E-state index contributed by atoms with van der Waals surface area (Å²) in [6, 6.07) is 15.9. The molecule has 0 saturated carbocycles. The molecule has 3 aromatic carbocycles. The van der Waals surface area contributed by atoms with Gasteiger partial charge in [0.15, 0.2) is 5.78 Å². The van der Waals surface area contributed by atoms with Crippen LogP contribution in [0, 0.1) is 10.1 Å². The molecule has 8 nitrogen and oxygen atoms in total. The molecule has 3 rings (SSSR count). The molecule has 26 heavy (non-hydrogen) atoms. The van der Waals surface area contributed by atoms with Gasteiger partial charge in [0, 0.05) is 11.5 Å². The van der Waals surface area contributed by atoms with Gasteiger partial charge in [-0.3, -0.25) is 14.7 Å². The molecule has 0 amide bonds. The fourth-order valence-corrected chi connectivity index (χ4v) is 3.68. The summed E-state index contributed by atoms with van der Waals surface area (Å²) in [5.41, 5.74) is 6.45. The van der Waals surface area contributed by atoms with Crippen molar-refractivity contribution >= 4 is 35.4 Å². The van der Waals surface area contributed by atoms with E-state index in [1.54, 1.807) is 54.6 Å². The third-order valence-electron chi connectivity index (χ3n) is 3.98. The lowest BCUT2D eigenvalue weighted by atomic mass is 10.0. The van der Waals surface area contributed by atoms with Crippen LogP contribution in [0.3, 0.4) is 0 Å². The number of hydrogen-bond acceptors (Lipinski definition) is 5. The number of benzene rings is 3. The van der Waals surface area contributed by atoms with Crippen molar-refractivity contribution in [3.05, 3.63) is 76.3 Å². The van der Waals surface area contributed by atoms with Gasteiger partial charge in [-0.1, -0.05) is 48.5 Å². The predicted molar refractivity (Wildman–Crippen MR) is 99.9 cm³/mol. The zero-order valence-corrected chi connectivity index (χ0v) is 14.3. The Bertz CT molecular complexity index is 1020. The summed E-state index contributed by atoms with van der Waals surface area (Å²) in [6.45, 7) is 0. The molecule has 0 aliphatic heterocycles. The van der Waals surface area contributed by atoms with Gasteiger partial charge in [-0.25, -0.2) is 0 Å². The van der Waals surface area contributed by atoms with Crippen LogP contribution in [0.4, 0.5) is 17.1 Å². The highest BCUT2D eigenvalue weighted by molar-refractivity contribution is 7.52. The first-order valence-electron chi connectivity index (χ1n) is 7.61. The van der Waals surface area contributed by atoms with Gasteiger partial charge in [0.1, 0.15) is 0 Å². The zero-order chi connectivity index (χ0) is 18.9. The number of nitro benzene ring substituents is 1. The van der Waals surface area contributed by atoms with Crippen molar-refractivity contribution in [1.29, 1.82) is 0 Å². The molecule has 1 unspecified atom stereocenters. The highest BCUT2D eigenvalue weighted by Crippen LogP contribution is 2.53. The van der Waals surface area contributed by atoms with Gasteiger partial charge in [-0.2, -0.15) is 0 Å². The summed E-state index contributed by atoms with van der Waals surface area (Å²) in [5, 5.41) is 14.8. The van der Waals surface area contributed by atoms with Crippen molar-refractivity contribution in [3.8, 4) is 0 Å². The highest BCUT2D eigenvalue weighted by Gasteiger charge is 2.32. The minimum Gasteiger partial charge on any atom is -0.397 e. The Morgan fingerprint density at radius 3 is 2.19 bits per heavy atom. The maximum Gasteiger partial charge on any atom is 0.352 e. The maximum atomic E-state index is 12.0. The Hall–Kier alpha value is -2.93. The largest absolute Gasteiger partial charge is 0.397 e. The minimum atomic E-state index is -4.59. The van der Waals surface area contributed by atoms with Crippen LogP contribution in [0.2, 0.25) is 0 Å². The van der Waals surface area contributed by atoms with E-state index in [4.69, 9.17) is 5.73 Å². The van der Waals surface area contributed by atoms with E-state index in [9.17, 15) is 24.5 Å². The molecule has 0 bridgehead atoms. The van der Waals surface area contributed by atoms with Gasteiger partial charge >= 0.3 is 7.60 Å². The lowest BCUT2D eigenvalue weighted by Crippen LogP contribution is -2.13. The van der Waals surface area contributed by atoms with Crippen molar-refractivity contribution in [2.24, 2.45) is 0 Å². The van der Waals surface area contributed by atoms with Gasteiger partial charge < -0.3 is 20.8 Å². The van der Waals surface area contributed by atoms with Crippen LogP contribution in [0.25, 0.3) is 10.8 Å². The molecule has 0 spiro atoms. The molecule has 0 aliphatic rings. The molecule has 0 aromatic heterocycles. The van der Waals surface area contributed by atoms with Crippen LogP contribution in [0.15, 0.2) is 60.7 Å². The Labute approximate surface area is 148 Å². The molecular weight excluding hydrogens is 357 g/mol. The maximum absolute atomic E-state index is 12.0. The fraction of sp³-hybridized carbons (Fsp3) is 0.0588. The zero-order valence-electron chi connectivity index (χ0n) is 13.4. The van der Waals surface area contributed by atoms with Crippen LogP contribution < -0.4 is 11.1 Å². The van der Waals surface area contributed by atoms with Crippen LogP contribution in [-0.2, 0) is 4.57 Å². The number of nitrogens with two attached hydrogens (primary N) is 1. The second-order valence-electron chi connectivity index (χ2n) is 5.71. The second kappa shape index (κ2) is 6.76. The summed E-state index contributed by atoms with van der Waals surface area (Å²) in [6.07, 6.45) is 0. The van der Waals surface area contributed by atoms with Gasteiger partial charge in [0.05, 0.1) is 21.7 Å². The molecule has 3 aromatic rings. The average Bonchev–Trinajstić information content (AvgIpc) is 2.60. The number of fused-ring (bicyclic) bond motifs is 1. The third kappa shape index (κ3) is 3.39. The quantitative estimate of drug-likeness (QED) is 0.232. The van der Waals surface area contributed by atoms with Crippen LogP contribution in [0.5, 0.6) is 0 Å². The first-order chi connectivity index (χ1) is 12.3. The van der Waals surface area contributed by atoms with E-state index in [1.165, 1.54) is 6.07 Å². The number of rotatable bonds is 5. The smallest absolute Gasteiger partial charge is 0.352 e. The first kappa shape index (κ1) is 17.9. The summed E-state index contributed by atoms with van der Waals surface area (Å²) in [7, 11) is -4.59. The summed E-state index contributed by atoms with van der Waals surface area (Å²) < 4.78 is 12.0.